The van der Waals surface area contributed by atoms with Gasteiger partial charge in [-0.3, -0.25) is 4.79 Å². The van der Waals surface area contributed by atoms with Crippen LogP contribution in [0.1, 0.15) is 44.5 Å². The number of allylic oxidation sites excluding steroid dienone is 6. The zero-order valence-corrected chi connectivity index (χ0v) is 15.4. The molecule has 0 aromatic carbocycles. The number of hydrogen-bond donors (Lipinski definition) is 3. The first-order valence-electron chi connectivity index (χ1n) is 10.6. The van der Waals surface area contributed by atoms with Gasteiger partial charge in [0.2, 0.25) is 0 Å². The van der Waals surface area contributed by atoms with Gasteiger partial charge < -0.3 is 20.1 Å². The maximum absolute atomic E-state index is 11.0. The van der Waals surface area contributed by atoms with Crippen LogP contribution in [0.4, 0.5) is 0 Å². The number of hydrogen-bond acceptors (Lipinski definition) is 5. The summed E-state index contributed by atoms with van der Waals surface area (Å²) in [5.74, 6) is -0.398. The first kappa shape index (κ1) is 17.5. The first-order chi connectivity index (χ1) is 14.1. The monoisotopic (exact) mass is 368 g/mol. The summed E-state index contributed by atoms with van der Waals surface area (Å²) in [6.45, 7) is 1.79. The van der Waals surface area contributed by atoms with E-state index in [1.54, 1.807) is 6.92 Å². The van der Waals surface area contributed by atoms with Crippen molar-refractivity contribution in [3.8, 4) is 0 Å². The van der Waals surface area contributed by atoms with E-state index < -0.39 is 24.3 Å². The standard InChI is InChI=1S/C21H32O5/c1-3-18(22)12-9-6-10-15-19(23)13-7-4-5-8-14-20(24)16-11-17-21(25)26-2/h4-10,12-14,18-20,22-24H,3,11,15-17H2,1-2H3/b5-4+,10-6-,12-9+,13-7+,14-8-/t18-,19+,20-/m1/s1/i6D,8D,10D,14D. The molecule has 0 heterocycles. The molecule has 0 aliphatic heterocycles. The maximum Gasteiger partial charge on any atom is 0.305 e. The summed E-state index contributed by atoms with van der Waals surface area (Å²) < 4.78 is 35.6. The molecule has 0 saturated heterocycles. The van der Waals surface area contributed by atoms with Gasteiger partial charge in [0.25, 0.3) is 0 Å². The number of rotatable bonds is 13. The molecule has 0 aromatic rings. The van der Waals surface area contributed by atoms with Crippen LogP contribution < -0.4 is 0 Å². The van der Waals surface area contributed by atoms with E-state index in [1.807, 2.05) is 0 Å². The summed E-state index contributed by atoms with van der Waals surface area (Å²) in [6.07, 6.45) is 6.51. The van der Waals surface area contributed by atoms with Crippen molar-refractivity contribution >= 4 is 5.97 Å². The minimum Gasteiger partial charge on any atom is -0.469 e. The van der Waals surface area contributed by atoms with Gasteiger partial charge in [-0.1, -0.05) is 67.6 Å². The molecule has 0 aromatic heterocycles. The molecule has 0 unspecified atom stereocenters. The predicted molar refractivity (Wildman–Crippen MR) is 104 cm³/mol. The van der Waals surface area contributed by atoms with E-state index in [4.69, 9.17) is 5.48 Å². The molecular weight excluding hydrogens is 332 g/mol. The quantitative estimate of drug-likeness (QED) is 0.344. The molecule has 0 bridgehead atoms. The van der Waals surface area contributed by atoms with E-state index >= 15 is 0 Å². The highest BCUT2D eigenvalue weighted by molar-refractivity contribution is 5.68. The number of carbonyl (C=O) groups excluding carboxylic acids is 1. The van der Waals surface area contributed by atoms with Gasteiger partial charge in [-0.05, 0) is 25.7 Å². The van der Waals surface area contributed by atoms with Crippen molar-refractivity contribution in [2.75, 3.05) is 7.11 Å². The maximum atomic E-state index is 11.0. The van der Waals surface area contributed by atoms with E-state index in [0.29, 0.717) is 12.8 Å². The second-order valence-electron chi connectivity index (χ2n) is 5.44. The number of methoxy groups -OCH3 is 1. The molecule has 3 N–H and O–H groups in total. The Morgan fingerprint density at radius 2 is 1.77 bits per heavy atom. The minimum absolute atomic E-state index is 0.0814. The molecule has 0 saturated carbocycles. The van der Waals surface area contributed by atoms with Crippen LogP contribution >= 0.6 is 0 Å². The molecule has 3 atom stereocenters. The lowest BCUT2D eigenvalue weighted by Gasteiger charge is -2.03. The van der Waals surface area contributed by atoms with Crippen LogP contribution in [-0.4, -0.2) is 46.7 Å². The Morgan fingerprint density at radius 3 is 2.46 bits per heavy atom. The van der Waals surface area contributed by atoms with E-state index in [0.717, 1.165) is 0 Å². The molecule has 0 radical (unpaired) electrons. The fraction of sp³-hybridized carbons (Fsp3) is 0.476. The first-order valence-corrected chi connectivity index (χ1v) is 8.60. The Morgan fingerprint density at radius 1 is 1.04 bits per heavy atom. The number of carbonyl (C=O) groups is 1. The van der Waals surface area contributed by atoms with Crippen LogP contribution in [-0.2, 0) is 9.53 Å². The average Bonchev–Trinajstić information content (AvgIpc) is 2.73. The molecule has 26 heavy (non-hydrogen) atoms. The van der Waals surface area contributed by atoms with Gasteiger partial charge in [0, 0.05) is 6.42 Å². The topological polar surface area (TPSA) is 87.0 Å². The lowest BCUT2D eigenvalue weighted by Crippen LogP contribution is -2.05. The smallest absolute Gasteiger partial charge is 0.305 e. The van der Waals surface area contributed by atoms with Crippen LogP contribution in [0, 0.1) is 0 Å². The average molecular weight is 369 g/mol. The summed E-state index contributed by atoms with van der Waals surface area (Å²) in [4.78, 5) is 11.0. The second kappa shape index (κ2) is 16.5. The SMILES string of the molecule is [2H]C(/C=C/[C@H](O)CC)=C(\[2H])C[C@@H](O)/C=C/C=C/C([2H])=C(/[2H])[C@@H](O)CCCC(=O)OC. The zero-order valence-electron chi connectivity index (χ0n) is 19.4. The van der Waals surface area contributed by atoms with E-state index in [-0.39, 0.29) is 43.5 Å². The summed E-state index contributed by atoms with van der Waals surface area (Å²) in [5.41, 5.74) is 0. The van der Waals surface area contributed by atoms with Gasteiger partial charge >= 0.3 is 5.97 Å². The van der Waals surface area contributed by atoms with Crippen molar-refractivity contribution in [1.29, 1.82) is 0 Å². The number of ether oxygens (including phenoxy) is 1. The third-order valence-corrected chi connectivity index (χ3v) is 3.19. The highest BCUT2D eigenvalue weighted by atomic mass is 16.5. The molecule has 0 fully saturated rings. The van der Waals surface area contributed by atoms with Gasteiger partial charge in [0.1, 0.15) is 0 Å². The third kappa shape index (κ3) is 15.6. The number of aliphatic hydroxyl groups is 3. The molecule has 0 aliphatic rings. The number of esters is 1. The van der Waals surface area contributed by atoms with Crippen molar-refractivity contribution in [2.24, 2.45) is 0 Å². The molecule has 0 amide bonds. The Hall–Kier alpha value is -1.95. The highest BCUT2D eigenvalue weighted by Crippen LogP contribution is 2.03. The van der Waals surface area contributed by atoms with Crippen molar-refractivity contribution in [3.05, 3.63) is 60.7 Å². The summed E-state index contributed by atoms with van der Waals surface area (Å²) in [6, 6.07) is -0.655. The lowest BCUT2D eigenvalue weighted by molar-refractivity contribution is -0.140. The van der Waals surface area contributed by atoms with Crippen molar-refractivity contribution in [1.82, 2.24) is 0 Å². The van der Waals surface area contributed by atoms with Gasteiger partial charge in [0.05, 0.1) is 30.9 Å². The van der Waals surface area contributed by atoms with Crippen molar-refractivity contribution in [3.63, 3.8) is 0 Å². The van der Waals surface area contributed by atoms with Crippen LogP contribution in [0.25, 0.3) is 0 Å². The van der Waals surface area contributed by atoms with Gasteiger partial charge in [0.15, 0.2) is 0 Å². The van der Waals surface area contributed by atoms with Crippen molar-refractivity contribution < 1.29 is 30.3 Å². The Kier molecular flexibility index (Phi) is 11.1. The predicted octanol–water partition coefficient (Wildman–Crippen LogP) is 2.99. The Labute approximate surface area is 162 Å². The summed E-state index contributed by atoms with van der Waals surface area (Å²) in [5, 5.41) is 29.2. The van der Waals surface area contributed by atoms with Crippen molar-refractivity contribution in [2.45, 2.75) is 57.3 Å². The molecule has 146 valence electrons. The highest BCUT2D eigenvalue weighted by Gasteiger charge is 2.03. The molecule has 0 spiro atoms. The largest absolute Gasteiger partial charge is 0.469 e. The van der Waals surface area contributed by atoms with Crippen LogP contribution in [0.5, 0.6) is 0 Å². The van der Waals surface area contributed by atoms with E-state index in [1.165, 1.54) is 43.6 Å². The van der Waals surface area contributed by atoms with Crippen LogP contribution in [0.3, 0.4) is 0 Å². The van der Waals surface area contributed by atoms with Crippen LogP contribution in [0.2, 0.25) is 0 Å². The van der Waals surface area contributed by atoms with Gasteiger partial charge in [-0.25, -0.2) is 0 Å². The fourth-order valence-electron chi connectivity index (χ4n) is 1.64. The fourth-order valence-corrected chi connectivity index (χ4v) is 1.64. The normalized spacial score (nSPS) is 20.0. The Balaban J connectivity index is 4.68. The van der Waals surface area contributed by atoms with E-state index in [2.05, 4.69) is 4.74 Å². The van der Waals surface area contributed by atoms with Gasteiger partial charge in [-0.2, -0.15) is 0 Å². The molecule has 5 heteroatoms. The molecular formula is C21H32O5. The third-order valence-electron chi connectivity index (χ3n) is 3.19. The van der Waals surface area contributed by atoms with Gasteiger partial charge in [-0.15, -0.1) is 0 Å². The lowest BCUT2D eigenvalue weighted by atomic mass is 10.1. The minimum atomic E-state index is -1.16. The second-order valence-corrected chi connectivity index (χ2v) is 5.44. The van der Waals surface area contributed by atoms with E-state index in [9.17, 15) is 20.1 Å². The summed E-state index contributed by atoms with van der Waals surface area (Å²) >= 11 is 0. The Bertz CT molecular complexity index is 683. The summed E-state index contributed by atoms with van der Waals surface area (Å²) in [7, 11) is 1.27. The molecule has 0 aliphatic carbocycles. The number of aliphatic hydroxyl groups excluding tert-OH is 3. The van der Waals surface area contributed by atoms with Crippen LogP contribution in [0.15, 0.2) is 60.7 Å². The molecule has 5 nitrogen and oxygen atoms in total. The molecule has 0 rings (SSSR count). The zero-order chi connectivity index (χ0) is 23.1.